The zero-order valence-electron chi connectivity index (χ0n) is 16.5. The van der Waals surface area contributed by atoms with Gasteiger partial charge in [-0.25, -0.2) is 0 Å². The van der Waals surface area contributed by atoms with Gasteiger partial charge < -0.3 is 15.0 Å². The van der Waals surface area contributed by atoms with Crippen molar-refractivity contribution in [3.63, 3.8) is 0 Å². The summed E-state index contributed by atoms with van der Waals surface area (Å²) >= 11 is 0. The number of nitrogens with one attached hydrogen (secondary N) is 1. The first-order chi connectivity index (χ1) is 13.3. The summed E-state index contributed by atoms with van der Waals surface area (Å²) in [7, 11) is 1.71. The summed E-state index contributed by atoms with van der Waals surface area (Å²) < 4.78 is 7.08. The lowest BCUT2D eigenvalue weighted by Gasteiger charge is -2.24. The first-order valence-corrected chi connectivity index (χ1v) is 9.86. The third kappa shape index (κ3) is 6.33. The standard InChI is InChI=1S/C21H30N4O2.ClH/c1-27-15-6-5-13-24(17-18-8-3-2-4-9-18)21(26)20-11-14-25(23-20)19-10-7-12-22-16-19;/h2-4,8-9,11,14,19,22H,5-7,10,12-13,15-17H2,1H3;1H. The molecular weight excluding hydrogens is 376 g/mol. The molecule has 0 radical (unpaired) electrons. The first-order valence-electron chi connectivity index (χ1n) is 9.86. The van der Waals surface area contributed by atoms with E-state index in [1.165, 1.54) is 0 Å². The van der Waals surface area contributed by atoms with E-state index in [1.54, 1.807) is 7.11 Å². The number of amides is 1. The van der Waals surface area contributed by atoms with Gasteiger partial charge >= 0.3 is 0 Å². The molecule has 0 spiro atoms. The highest BCUT2D eigenvalue weighted by Gasteiger charge is 2.21. The van der Waals surface area contributed by atoms with Crippen LogP contribution in [0.1, 0.15) is 47.8 Å². The quantitative estimate of drug-likeness (QED) is 0.649. The second kappa shape index (κ2) is 11.8. The molecule has 1 fully saturated rings. The molecule has 1 aromatic carbocycles. The van der Waals surface area contributed by atoms with Gasteiger partial charge in [-0.2, -0.15) is 5.10 Å². The molecule has 1 aliphatic heterocycles. The summed E-state index contributed by atoms with van der Waals surface area (Å²) in [6.45, 7) is 4.01. The summed E-state index contributed by atoms with van der Waals surface area (Å²) in [5, 5.41) is 8.00. The van der Waals surface area contributed by atoms with E-state index >= 15 is 0 Å². The number of piperidine rings is 1. The van der Waals surface area contributed by atoms with Crippen LogP contribution in [0.4, 0.5) is 0 Å². The van der Waals surface area contributed by atoms with Crippen LogP contribution in [0.15, 0.2) is 42.6 Å². The minimum atomic E-state index is -0.00112. The number of carbonyl (C=O) groups is 1. The molecule has 1 unspecified atom stereocenters. The van der Waals surface area contributed by atoms with Crippen LogP contribution in [0.5, 0.6) is 0 Å². The van der Waals surface area contributed by atoms with E-state index in [4.69, 9.17) is 4.74 Å². The Morgan fingerprint density at radius 3 is 2.82 bits per heavy atom. The number of benzene rings is 1. The lowest BCUT2D eigenvalue weighted by atomic mass is 10.1. The third-order valence-corrected chi connectivity index (χ3v) is 5.00. The van der Waals surface area contributed by atoms with Crippen LogP contribution in [-0.2, 0) is 11.3 Å². The van der Waals surface area contributed by atoms with Gasteiger partial charge in [-0.1, -0.05) is 30.3 Å². The molecule has 1 aromatic heterocycles. The zero-order valence-corrected chi connectivity index (χ0v) is 17.4. The third-order valence-electron chi connectivity index (χ3n) is 5.00. The number of methoxy groups -OCH3 is 1. The van der Waals surface area contributed by atoms with E-state index in [9.17, 15) is 4.79 Å². The fraction of sp³-hybridized carbons (Fsp3) is 0.524. The normalized spacial score (nSPS) is 16.4. The van der Waals surface area contributed by atoms with Crippen LogP contribution in [-0.4, -0.2) is 53.9 Å². The SMILES string of the molecule is COCCCCN(Cc1ccccc1)C(=O)c1ccn(C2CCCNC2)n1.Cl. The average molecular weight is 407 g/mol. The first kappa shape index (κ1) is 22.4. The number of nitrogens with zero attached hydrogens (tertiary/aromatic N) is 3. The lowest BCUT2D eigenvalue weighted by Crippen LogP contribution is -2.33. The Balaban J connectivity index is 0.00000280. The molecule has 7 heteroatoms. The number of rotatable bonds is 9. The van der Waals surface area contributed by atoms with Crippen LogP contribution in [0.3, 0.4) is 0 Å². The molecule has 1 atom stereocenters. The van der Waals surface area contributed by atoms with Gasteiger partial charge in [0.1, 0.15) is 5.69 Å². The number of unbranched alkanes of at least 4 members (excludes halogenated alkanes) is 1. The zero-order chi connectivity index (χ0) is 18.9. The van der Waals surface area contributed by atoms with Crippen molar-refractivity contribution in [3.05, 3.63) is 53.9 Å². The molecular formula is C21H31ClN4O2. The molecule has 2 heterocycles. The molecule has 1 amide bonds. The van der Waals surface area contributed by atoms with Gasteiger partial charge in [-0.3, -0.25) is 9.48 Å². The van der Waals surface area contributed by atoms with Gasteiger partial charge in [0.2, 0.25) is 0 Å². The molecule has 0 aliphatic carbocycles. The van der Waals surface area contributed by atoms with Gasteiger partial charge in [-0.05, 0) is 43.9 Å². The van der Waals surface area contributed by atoms with Crippen LogP contribution in [0, 0.1) is 0 Å². The number of ether oxygens (including phenoxy) is 1. The smallest absolute Gasteiger partial charge is 0.274 e. The molecule has 1 aliphatic rings. The van der Waals surface area contributed by atoms with Crippen molar-refractivity contribution in [2.45, 2.75) is 38.3 Å². The van der Waals surface area contributed by atoms with Crippen molar-refractivity contribution < 1.29 is 9.53 Å². The number of aromatic nitrogens is 2. The Bertz CT molecular complexity index is 701. The topological polar surface area (TPSA) is 59.4 Å². The number of carbonyl (C=O) groups excluding carboxylic acids is 1. The number of hydrogen-bond acceptors (Lipinski definition) is 4. The average Bonchev–Trinajstić information content (AvgIpc) is 3.21. The minimum Gasteiger partial charge on any atom is -0.385 e. The summed E-state index contributed by atoms with van der Waals surface area (Å²) in [6.07, 6.45) is 6.05. The molecule has 1 saturated heterocycles. The monoisotopic (exact) mass is 406 g/mol. The molecule has 154 valence electrons. The van der Waals surface area contributed by atoms with Crippen LogP contribution < -0.4 is 5.32 Å². The Kier molecular flexibility index (Phi) is 9.47. The van der Waals surface area contributed by atoms with Crippen molar-refractivity contribution in [2.24, 2.45) is 0 Å². The Labute approximate surface area is 173 Å². The van der Waals surface area contributed by atoms with Gasteiger partial charge in [0.05, 0.1) is 6.04 Å². The predicted octanol–water partition coefficient (Wildman–Crippen LogP) is 3.30. The van der Waals surface area contributed by atoms with Gasteiger partial charge in [0.15, 0.2) is 0 Å². The van der Waals surface area contributed by atoms with Gasteiger partial charge in [-0.15, -0.1) is 12.4 Å². The fourth-order valence-electron chi connectivity index (χ4n) is 3.48. The van der Waals surface area contributed by atoms with Crippen molar-refractivity contribution in [1.29, 1.82) is 0 Å². The van der Waals surface area contributed by atoms with E-state index in [0.717, 1.165) is 50.9 Å². The number of hydrogen-bond donors (Lipinski definition) is 1. The van der Waals surface area contributed by atoms with E-state index in [-0.39, 0.29) is 18.3 Å². The minimum absolute atomic E-state index is 0. The van der Waals surface area contributed by atoms with Gasteiger partial charge in [0.25, 0.3) is 5.91 Å². The highest BCUT2D eigenvalue weighted by Crippen LogP contribution is 2.17. The molecule has 1 N–H and O–H groups in total. The highest BCUT2D eigenvalue weighted by molar-refractivity contribution is 5.92. The Morgan fingerprint density at radius 1 is 1.29 bits per heavy atom. The lowest BCUT2D eigenvalue weighted by molar-refractivity contribution is 0.0727. The molecule has 28 heavy (non-hydrogen) atoms. The number of halogens is 1. The van der Waals surface area contributed by atoms with E-state index in [0.29, 0.717) is 24.8 Å². The Hall–Kier alpha value is -1.89. The summed E-state index contributed by atoms with van der Waals surface area (Å²) in [6, 6.07) is 12.3. The summed E-state index contributed by atoms with van der Waals surface area (Å²) in [5.74, 6) is -0.00112. The largest absolute Gasteiger partial charge is 0.385 e. The highest BCUT2D eigenvalue weighted by atomic mass is 35.5. The molecule has 0 bridgehead atoms. The van der Waals surface area contributed by atoms with E-state index < -0.39 is 0 Å². The second-order valence-electron chi connectivity index (χ2n) is 7.09. The van der Waals surface area contributed by atoms with E-state index in [2.05, 4.69) is 22.5 Å². The maximum Gasteiger partial charge on any atom is 0.274 e. The fourth-order valence-corrected chi connectivity index (χ4v) is 3.48. The maximum absolute atomic E-state index is 13.1. The van der Waals surface area contributed by atoms with Crippen molar-refractivity contribution in [3.8, 4) is 0 Å². The predicted molar refractivity (Wildman–Crippen MR) is 113 cm³/mol. The van der Waals surface area contributed by atoms with Crippen molar-refractivity contribution in [2.75, 3.05) is 33.4 Å². The summed E-state index contributed by atoms with van der Waals surface area (Å²) in [4.78, 5) is 15.0. The van der Waals surface area contributed by atoms with Crippen molar-refractivity contribution in [1.82, 2.24) is 20.0 Å². The molecule has 3 rings (SSSR count). The van der Waals surface area contributed by atoms with Gasteiger partial charge in [0, 0.05) is 39.5 Å². The Morgan fingerprint density at radius 2 is 2.11 bits per heavy atom. The molecule has 0 saturated carbocycles. The second-order valence-corrected chi connectivity index (χ2v) is 7.09. The van der Waals surface area contributed by atoms with Crippen LogP contribution >= 0.6 is 12.4 Å². The molecule has 6 nitrogen and oxygen atoms in total. The molecule has 2 aromatic rings. The van der Waals surface area contributed by atoms with E-state index in [1.807, 2.05) is 40.0 Å². The maximum atomic E-state index is 13.1. The van der Waals surface area contributed by atoms with Crippen LogP contribution in [0.2, 0.25) is 0 Å². The van der Waals surface area contributed by atoms with Crippen molar-refractivity contribution >= 4 is 18.3 Å². The summed E-state index contributed by atoms with van der Waals surface area (Å²) in [5.41, 5.74) is 1.66. The van der Waals surface area contributed by atoms with Crippen LogP contribution in [0.25, 0.3) is 0 Å².